The summed E-state index contributed by atoms with van der Waals surface area (Å²) in [6, 6.07) is -2.71. The third-order valence-corrected chi connectivity index (χ3v) is 4.30. The molecule has 0 fully saturated rings. The molecule has 3 atom stereocenters. The first-order chi connectivity index (χ1) is 14.1. The number of aliphatic carboxylic acids is 2. The molecular formula is C15H25N4O8PS. The smallest absolute Gasteiger partial charge is 0.322 e. The van der Waals surface area contributed by atoms with Crippen molar-refractivity contribution >= 4 is 55.3 Å². The predicted molar refractivity (Wildman–Crippen MR) is 107 cm³/mol. The van der Waals surface area contributed by atoms with Gasteiger partial charge in [0, 0.05) is 13.5 Å². The second kappa shape index (κ2) is 14.6. The van der Waals surface area contributed by atoms with E-state index in [2.05, 4.69) is 16.0 Å². The molecule has 4 amide bonds. The zero-order chi connectivity index (χ0) is 23.1. The predicted octanol–water partition coefficient (Wildman–Crippen LogP) is -1.93. The van der Waals surface area contributed by atoms with Crippen LogP contribution in [0.15, 0.2) is 0 Å². The molecule has 164 valence electrons. The molecule has 0 rings (SSSR count). The summed E-state index contributed by atoms with van der Waals surface area (Å²) in [7, 11) is 1.16. The molecule has 0 spiro atoms. The van der Waals surface area contributed by atoms with E-state index in [1.54, 1.807) is 0 Å². The van der Waals surface area contributed by atoms with E-state index in [4.69, 9.17) is 11.5 Å². The number of carboxylic acids is 2. The topological polar surface area (TPSA) is 191 Å². The zero-order valence-corrected chi connectivity index (χ0v) is 17.5. The number of carboxylic acid groups (broad SMARTS) is 2. The Kier molecular flexibility index (Phi) is 12.4. The van der Waals surface area contributed by atoms with Gasteiger partial charge in [-0.15, -0.1) is 11.4 Å². The minimum atomic E-state index is -1.56. The van der Waals surface area contributed by atoms with Gasteiger partial charge in [0.1, 0.15) is 18.6 Å². The maximum absolute atomic E-state index is 12.6. The largest absolute Gasteiger partial charge is 0.481 e. The Labute approximate surface area is 174 Å². The van der Waals surface area contributed by atoms with Crippen molar-refractivity contribution in [2.24, 2.45) is 0 Å². The van der Waals surface area contributed by atoms with Crippen molar-refractivity contribution in [2.75, 3.05) is 19.3 Å². The van der Waals surface area contributed by atoms with E-state index in [0.717, 1.165) is 11.4 Å². The second-order valence-electron chi connectivity index (χ2n) is 5.74. The summed E-state index contributed by atoms with van der Waals surface area (Å²) in [6.45, 7) is -0.762. The fourth-order valence-corrected chi connectivity index (χ4v) is 2.71. The molecule has 0 aromatic rings. The quantitative estimate of drug-likeness (QED) is 0.153. The number of hydrogen-bond acceptors (Lipinski definition) is 7. The summed E-state index contributed by atoms with van der Waals surface area (Å²) in [6.07, 6.45) is -0.460. The third kappa shape index (κ3) is 12.6. The molecule has 29 heavy (non-hydrogen) atoms. The van der Waals surface area contributed by atoms with Gasteiger partial charge in [-0.1, -0.05) is 8.39 Å². The van der Waals surface area contributed by atoms with Crippen LogP contribution in [0.2, 0.25) is 0 Å². The minimum Gasteiger partial charge on any atom is -0.481 e. The van der Waals surface area contributed by atoms with Crippen molar-refractivity contribution in [3.05, 3.63) is 0 Å². The molecule has 3 unspecified atom stereocenters. The standard InChI is InChI=1S/C15H25N4O8PS/c1-16-10(20)4-2-3-8(18-11(21)7-29-28)15(27)19-9(5-12(22)23)14(26)17-6-13(24)25/h8-9H,2-7,28H2,1H3,(H,16,20)(H,17,26)(H,18,21)(H,19,27)(H,22,23)(H,24,25)/i28T. The Morgan fingerprint density at radius 3 is 2.24 bits per heavy atom. The Hall–Kier alpha value is -2.40. The van der Waals surface area contributed by atoms with Crippen LogP contribution in [0.4, 0.5) is 0 Å². The van der Waals surface area contributed by atoms with Crippen molar-refractivity contribution < 1.29 is 39.0 Å². The van der Waals surface area contributed by atoms with E-state index in [9.17, 15) is 28.8 Å². The lowest BCUT2D eigenvalue weighted by atomic mass is 10.1. The van der Waals surface area contributed by atoms with E-state index in [1.807, 2.05) is 5.32 Å². The summed E-state index contributed by atoms with van der Waals surface area (Å²) >= 11 is 1.03. The highest BCUT2D eigenvalue weighted by molar-refractivity contribution is 8.44. The molecule has 0 aromatic carbocycles. The molecule has 0 aliphatic rings. The molecule has 0 heterocycles. The first kappa shape index (κ1) is 24.6. The highest BCUT2D eigenvalue weighted by atomic mass is 32.7. The van der Waals surface area contributed by atoms with Crippen LogP contribution in [0.25, 0.3) is 0 Å². The molecular weight excluding hydrogens is 427 g/mol. The van der Waals surface area contributed by atoms with Crippen molar-refractivity contribution in [1.29, 1.82) is 1.28 Å². The van der Waals surface area contributed by atoms with Crippen molar-refractivity contribution in [2.45, 2.75) is 37.8 Å². The lowest BCUT2D eigenvalue weighted by Crippen LogP contribution is -2.54. The van der Waals surface area contributed by atoms with E-state index in [0.29, 0.717) is 0 Å². The number of nitrogens with one attached hydrogen (secondary N) is 4. The average molecular weight is 454 g/mol. The van der Waals surface area contributed by atoms with Crippen LogP contribution in [0.1, 0.15) is 25.7 Å². The van der Waals surface area contributed by atoms with Gasteiger partial charge in [0.05, 0.1) is 13.5 Å². The van der Waals surface area contributed by atoms with Crippen LogP contribution in [0.5, 0.6) is 0 Å². The number of carbonyl (C=O) groups is 6. The second-order valence-corrected chi connectivity index (χ2v) is 7.19. The van der Waals surface area contributed by atoms with Crippen LogP contribution in [0.3, 0.4) is 0 Å². The molecule has 6 N–H and O–H groups in total. The highest BCUT2D eigenvalue weighted by Crippen LogP contribution is 2.10. The first-order valence-corrected chi connectivity index (χ1v) is 10.6. The van der Waals surface area contributed by atoms with Gasteiger partial charge in [-0.25, -0.2) is 0 Å². The average Bonchev–Trinajstić information content (AvgIpc) is 2.68. The van der Waals surface area contributed by atoms with Crippen LogP contribution in [-0.2, 0) is 28.8 Å². The fraction of sp³-hybridized carbons (Fsp3) is 0.600. The lowest BCUT2D eigenvalue weighted by Gasteiger charge is -2.22. The minimum absolute atomic E-state index is 0.0371. The fourth-order valence-electron chi connectivity index (χ4n) is 2.10. The van der Waals surface area contributed by atoms with E-state index < -0.39 is 54.7 Å². The summed E-state index contributed by atoms with van der Waals surface area (Å²) in [5.41, 5.74) is 0. The van der Waals surface area contributed by atoms with Crippen molar-refractivity contribution in [3.63, 3.8) is 0 Å². The third-order valence-electron chi connectivity index (χ3n) is 3.46. The van der Waals surface area contributed by atoms with Crippen LogP contribution >= 0.6 is 19.8 Å². The molecule has 12 nitrogen and oxygen atoms in total. The van der Waals surface area contributed by atoms with Gasteiger partial charge in [0.2, 0.25) is 23.6 Å². The van der Waals surface area contributed by atoms with Crippen molar-refractivity contribution in [3.8, 4) is 0 Å². The molecule has 0 bridgehead atoms. The molecule has 0 aliphatic heterocycles. The molecule has 0 aliphatic carbocycles. The number of amides is 4. The molecule has 14 heteroatoms. The normalized spacial score (nSPS) is 13.1. The van der Waals surface area contributed by atoms with Gasteiger partial charge in [-0.3, -0.25) is 28.8 Å². The Bertz CT molecular complexity index is 654. The van der Waals surface area contributed by atoms with Gasteiger partial charge < -0.3 is 31.5 Å². The Morgan fingerprint density at radius 2 is 1.69 bits per heavy atom. The van der Waals surface area contributed by atoms with Crippen molar-refractivity contribution in [1.82, 2.24) is 21.3 Å². The molecule has 0 radical (unpaired) electrons. The van der Waals surface area contributed by atoms with Gasteiger partial charge in [-0.2, -0.15) is 0 Å². The van der Waals surface area contributed by atoms with Gasteiger partial charge in [-0.05, 0) is 12.8 Å². The maximum Gasteiger partial charge on any atom is 0.322 e. The zero-order valence-electron chi connectivity index (χ0n) is 16.6. The van der Waals surface area contributed by atoms with Gasteiger partial charge in [0.25, 0.3) is 0 Å². The number of hydrogen-bond donors (Lipinski definition) is 6. The maximum atomic E-state index is 12.6. The number of rotatable bonds is 15. The van der Waals surface area contributed by atoms with E-state index in [1.165, 1.54) is 7.05 Å². The summed E-state index contributed by atoms with van der Waals surface area (Å²) < 4.78 is 7.06. The SMILES string of the molecule is [3H]PSCC(=O)NC(CCCC(=O)NC)C(=O)NC(CC(=O)O)C(=O)NCC(=O)O. The van der Waals surface area contributed by atoms with Gasteiger partial charge >= 0.3 is 11.9 Å². The lowest BCUT2D eigenvalue weighted by molar-refractivity contribution is -0.141. The van der Waals surface area contributed by atoms with Crippen LogP contribution in [0, 0.1) is 0 Å². The first-order valence-electron chi connectivity index (χ1n) is 8.90. The summed E-state index contributed by atoms with van der Waals surface area (Å²) in [4.78, 5) is 69.5. The van der Waals surface area contributed by atoms with E-state index >= 15 is 0 Å². The highest BCUT2D eigenvalue weighted by Gasteiger charge is 2.28. The molecule has 0 aromatic heterocycles. The Morgan fingerprint density at radius 1 is 1.00 bits per heavy atom. The van der Waals surface area contributed by atoms with Crippen LogP contribution in [-0.4, -0.2) is 78.5 Å². The van der Waals surface area contributed by atoms with E-state index in [-0.39, 0.29) is 39.3 Å². The molecule has 0 saturated carbocycles. The van der Waals surface area contributed by atoms with Crippen LogP contribution < -0.4 is 21.3 Å². The summed E-state index contributed by atoms with van der Waals surface area (Å²) in [5, 5.41) is 26.6. The Balaban J connectivity index is 5.18. The number of carbonyl (C=O) groups excluding carboxylic acids is 4. The summed E-state index contributed by atoms with van der Waals surface area (Å²) in [5.74, 6) is -5.49. The monoisotopic (exact) mass is 454 g/mol. The van der Waals surface area contributed by atoms with Gasteiger partial charge in [0.15, 0.2) is 0 Å². The molecule has 0 saturated heterocycles.